The van der Waals surface area contributed by atoms with Gasteiger partial charge in [-0.2, -0.15) is 19.0 Å². The molecule has 3 aromatic carbocycles. The Morgan fingerprint density at radius 1 is 0.788 bits per heavy atom. The first-order chi connectivity index (χ1) is 24.7. The Balaban J connectivity index is 0.000000192. The van der Waals surface area contributed by atoms with Crippen LogP contribution in [0.2, 0.25) is 0 Å². The molecule has 0 unspecified atom stereocenters. The number of nitrogens with zero attached hydrogens (tertiary/aromatic N) is 5. The Morgan fingerprint density at radius 2 is 1.31 bits per heavy atom. The highest BCUT2D eigenvalue weighted by Crippen LogP contribution is 2.37. The van der Waals surface area contributed by atoms with Crippen molar-refractivity contribution < 1.29 is 32.6 Å². The zero-order valence-corrected chi connectivity index (χ0v) is 33.0. The van der Waals surface area contributed by atoms with Crippen molar-refractivity contribution in [3.05, 3.63) is 74.9 Å². The minimum atomic E-state index is -0.443. The maximum atomic E-state index is 14.6. The summed E-state index contributed by atoms with van der Waals surface area (Å²) in [7, 11) is 4.75. The van der Waals surface area contributed by atoms with Gasteiger partial charge in [-0.1, -0.05) is 44.0 Å². The summed E-state index contributed by atoms with van der Waals surface area (Å²) in [4.78, 5) is 26.0. The molecule has 10 nitrogen and oxygen atoms in total. The summed E-state index contributed by atoms with van der Waals surface area (Å²) in [5.41, 5.74) is 2.12. The van der Waals surface area contributed by atoms with Gasteiger partial charge in [0.15, 0.2) is 0 Å². The van der Waals surface area contributed by atoms with Crippen LogP contribution in [-0.4, -0.2) is 62.0 Å². The zero-order valence-electron chi connectivity index (χ0n) is 29.8. The van der Waals surface area contributed by atoms with Crippen molar-refractivity contribution in [2.24, 2.45) is 25.9 Å². The minimum absolute atomic E-state index is 0.00182. The van der Waals surface area contributed by atoms with E-state index in [0.717, 1.165) is 26.7 Å². The first-order valence-electron chi connectivity index (χ1n) is 17.2. The number of amides is 1. The number of carbonyl (C=O) groups excluding carboxylic acids is 2. The highest BCUT2D eigenvalue weighted by molar-refractivity contribution is 9.10. The molecule has 14 heteroatoms. The number of likely N-dealkylation sites (tertiary alicyclic amines) is 1. The van der Waals surface area contributed by atoms with Gasteiger partial charge in [-0.05, 0) is 69.2 Å². The quantitative estimate of drug-likeness (QED) is 0.147. The molecule has 0 radical (unpaired) electrons. The number of hydrogen-bond acceptors (Lipinski definition) is 7. The molecule has 1 saturated heterocycles. The summed E-state index contributed by atoms with van der Waals surface area (Å²) < 4.78 is 50.1. The molecule has 1 aliphatic carbocycles. The van der Waals surface area contributed by atoms with Gasteiger partial charge in [-0.15, -0.1) is 0 Å². The largest absolute Gasteiger partial charge is 0.497 e. The van der Waals surface area contributed by atoms with E-state index < -0.39 is 11.9 Å². The molecule has 7 rings (SSSR count). The van der Waals surface area contributed by atoms with Crippen LogP contribution >= 0.6 is 31.9 Å². The van der Waals surface area contributed by atoms with E-state index >= 15 is 0 Å². The standard InChI is InChI=1S/C23H25BrFN3O3.C15H16BrFN2O2/c1-13(15-5-7-18(30-4)8-6-15)28-12-16(9-21(28)29)14(2)31-20-11-17(24)10-19-22(20)23(25)27(3)26-19;1-8(9-3-4-11(20)5-9)21-13-7-10(16)6-12-14(13)15(17)19(2)18-12/h5-8,10-11,13-14,16H,9,12H2,1-4H3;6-9H,3-5H2,1-2H3/t13-,14+,16+;8-,9+/m01/s1. The van der Waals surface area contributed by atoms with Gasteiger partial charge >= 0.3 is 0 Å². The maximum absolute atomic E-state index is 14.6. The number of ketones is 1. The Labute approximate surface area is 317 Å². The number of benzene rings is 3. The highest BCUT2D eigenvalue weighted by Gasteiger charge is 2.37. The first-order valence-corrected chi connectivity index (χ1v) is 18.7. The third-order valence-electron chi connectivity index (χ3n) is 10.1. The number of hydrogen-bond donors (Lipinski definition) is 0. The molecule has 0 N–H and O–H groups in total. The summed E-state index contributed by atoms with van der Waals surface area (Å²) in [5.74, 6) is 1.40. The van der Waals surface area contributed by atoms with Gasteiger partial charge in [-0.3, -0.25) is 9.59 Å². The lowest BCUT2D eigenvalue weighted by Crippen LogP contribution is -2.31. The van der Waals surface area contributed by atoms with Gasteiger partial charge in [0.05, 0.1) is 30.0 Å². The van der Waals surface area contributed by atoms with Gasteiger partial charge < -0.3 is 19.1 Å². The smallest absolute Gasteiger partial charge is 0.223 e. The molecule has 1 aliphatic heterocycles. The Kier molecular flexibility index (Phi) is 11.3. The van der Waals surface area contributed by atoms with Gasteiger partial charge in [-0.25, -0.2) is 9.36 Å². The minimum Gasteiger partial charge on any atom is -0.497 e. The van der Waals surface area contributed by atoms with Crippen molar-refractivity contribution in [1.82, 2.24) is 24.5 Å². The molecule has 0 spiro atoms. The Hall–Kier alpha value is -4.04. The number of ether oxygens (including phenoxy) is 3. The monoisotopic (exact) mass is 843 g/mol. The van der Waals surface area contributed by atoms with Crippen molar-refractivity contribution >= 4 is 65.4 Å². The predicted octanol–water partition coefficient (Wildman–Crippen LogP) is 8.47. The van der Waals surface area contributed by atoms with Crippen molar-refractivity contribution in [2.75, 3.05) is 13.7 Å². The summed E-state index contributed by atoms with van der Waals surface area (Å²) >= 11 is 6.84. The average Bonchev–Trinajstić information content (AvgIpc) is 3.86. The van der Waals surface area contributed by atoms with E-state index in [-0.39, 0.29) is 41.8 Å². The van der Waals surface area contributed by atoms with Crippen LogP contribution in [0.1, 0.15) is 58.1 Å². The van der Waals surface area contributed by atoms with Gasteiger partial charge in [0.1, 0.15) is 40.2 Å². The van der Waals surface area contributed by atoms with E-state index in [1.54, 1.807) is 45.5 Å². The van der Waals surface area contributed by atoms with Crippen LogP contribution in [0.5, 0.6) is 17.2 Å². The van der Waals surface area contributed by atoms with Crippen LogP contribution in [-0.2, 0) is 23.7 Å². The molecule has 1 amide bonds. The van der Waals surface area contributed by atoms with Gasteiger partial charge in [0, 0.05) is 60.7 Å². The second-order valence-corrected chi connectivity index (χ2v) is 15.4. The van der Waals surface area contributed by atoms with Crippen LogP contribution in [0.3, 0.4) is 0 Å². The summed E-state index contributed by atoms with van der Waals surface area (Å²) in [6.45, 7) is 6.47. The lowest BCUT2D eigenvalue weighted by molar-refractivity contribution is -0.129. The normalized spacial score (nSPS) is 19.2. The second-order valence-electron chi connectivity index (χ2n) is 13.6. The second kappa shape index (κ2) is 15.5. The van der Waals surface area contributed by atoms with Crippen LogP contribution in [0.4, 0.5) is 8.78 Å². The van der Waals surface area contributed by atoms with E-state index in [0.29, 0.717) is 59.1 Å². The zero-order chi connectivity index (χ0) is 37.4. The number of methoxy groups -OCH3 is 1. The fraction of sp³-hybridized carbons (Fsp3) is 0.421. The molecule has 1 saturated carbocycles. The number of fused-ring (bicyclic) bond motifs is 2. The van der Waals surface area contributed by atoms with Crippen molar-refractivity contribution in [1.29, 1.82) is 0 Å². The SMILES string of the molecule is COc1ccc([C@H](C)N2C[C@H]([C@@H](C)Oc3cc(Br)cc4nn(C)c(F)c34)CC2=O)cc1.C[C@@H](Oc1cc(Br)cc2nn(C)c(F)c12)[C@H]1CCC(=O)C1. The number of halogens is 4. The molecule has 2 fully saturated rings. The van der Waals surface area contributed by atoms with Crippen LogP contribution in [0, 0.1) is 23.7 Å². The molecular weight excluding hydrogens is 804 g/mol. The predicted molar refractivity (Wildman–Crippen MR) is 201 cm³/mol. The third-order valence-corrected chi connectivity index (χ3v) is 11.0. The first kappa shape index (κ1) is 37.7. The Bertz CT molecular complexity index is 2120. The fourth-order valence-electron chi connectivity index (χ4n) is 6.98. The van der Waals surface area contributed by atoms with E-state index in [9.17, 15) is 18.4 Å². The van der Waals surface area contributed by atoms with E-state index in [1.165, 1.54) is 9.36 Å². The van der Waals surface area contributed by atoms with Crippen molar-refractivity contribution in [3.8, 4) is 17.2 Å². The molecular formula is C38H41Br2F2N5O5. The summed E-state index contributed by atoms with van der Waals surface area (Å²) in [5, 5.41) is 9.06. The number of aryl methyl sites for hydroxylation is 2. The average molecular weight is 846 g/mol. The lowest BCUT2D eigenvalue weighted by atomic mass is 10.0. The molecule has 3 heterocycles. The highest BCUT2D eigenvalue weighted by atomic mass is 79.9. The fourth-order valence-corrected chi connectivity index (χ4v) is 7.83. The van der Waals surface area contributed by atoms with Crippen LogP contribution < -0.4 is 14.2 Å². The molecule has 2 aliphatic rings. The van der Waals surface area contributed by atoms with Crippen LogP contribution in [0.25, 0.3) is 21.8 Å². The third kappa shape index (κ3) is 7.83. The van der Waals surface area contributed by atoms with E-state index in [1.807, 2.05) is 49.9 Å². The number of rotatable bonds is 9. The molecule has 0 bridgehead atoms. The topological polar surface area (TPSA) is 101 Å². The maximum Gasteiger partial charge on any atom is 0.223 e. The van der Waals surface area contributed by atoms with Gasteiger partial charge in [0.25, 0.3) is 0 Å². The molecule has 52 heavy (non-hydrogen) atoms. The number of aromatic nitrogens is 4. The molecule has 276 valence electrons. The summed E-state index contributed by atoms with van der Waals surface area (Å²) in [6, 6.07) is 14.7. The lowest BCUT2D eigenvalue weighted by Gasteiger charge is -2.27. The molecule has 5 aromatic rings. The van der Waals surface area contributed by atoms with Gasteiger partial charge in [0.2, 0.25) is 17.8 Å². The molecule has 2 aromatic heterocycles. The van der Waals surface area contributed by atoms with Crippen molar-refractivity contribution in [3.63, 3.8) is 0 Å². The summed E-state index contributed by atoms with van der Waals surface area (Å²) in [6.07, 6.45) is 2.00. The van der Waals surface area contributed by atoms with E-state index in [2.05, 4.69) is 42.1 Å². The Morgan fingerprint density at radius 3 is 1.79 bits per heavy atom. The van der Waals surface area contributed by atoms with Crippen LogP contribution in [0.15, 0.2) is 57.5 Å². The number of Topliss-reactive ketones (excluding diaryl/α,β-unsaturated/α-hetero) is 1. The van der Waals surface area contributed by atoms with Crippen molar-refractivity contribution in [2.45, 2.75) is 64.7 Å². The molecule has 5 atom stereocenters. The number of carbonyl (C=O) groups is 2. The van der Waals surface area contributed by atoms with E-state index in [4.69, 9.17) is 14.2 Å².